The van der Waals surface area contributed by atoms with E-state index in [0.29, 0.717) is 32.4 Å². The number of hydrazone groups is 1. The van der Waals surface area contributed by atoms with Gasteiger partial charge in [0.1, 0.15) is 5.75 Å². The van der Waals surface area contributed by atoms with Crippen molar-refractivity contribution >= 4 is 64.5 Å². The average molecular weight is 567 g/mol. The molecule has 0 aliphatic rings. The fourth-order valence-corrected chi connectivity index (χ4v) is 3.75. The molecule has 4 aromatic rings. The number of anilines is 1. The molecule has 2 N–H and O–H groups in total. The van der Waals surface area contributed by atoms with Crippen LogP contribution in [0.2, 0.25) is 15.1 Å². The van der Waals surface area contributed by atoms with E-state index < -0.39 is 11.9 Å². The first-order chi connectivity index (χ1) is 18.3. The lowest BCUT2D eigenvalue weighted by Gasteiger charge is -2.09. The van der Waals surface area contributed by atoms with E-state index in [1.54, 1.807) is 78.9 Å². The Hall–Kier alpha value is -4.17. The molecule has 7 nitrogen and oxygen atoms in total. The van der Waals surface area contributed by atoms with Crippen LogP contribution in [-0.2, 0) is 0 Å². The zero-order chi connectivity index (χ0) is 27.1. The zero-order valence-corrected chi connectivity index (χ0v) is 21.7. The summed E-state index contributed by atoms with van der Waals surface area (Å²) in [6.07, 6.45) is 1.31. The molecule has 0 heterocycles. The molecular weight excluding hydrogens is 549 g/mol. The Kier molecular flexibility index (Phi) is 8.76. The van der Waals surface area contributed by atoms with E-state index in [9.17, 15) is 14.4 Å². The highest BCUT2D eigenvalue weighted by Crippen LogP contribution is 2.24. The van der Waals surface area contributed by atoms with Gasteiger partial charge in [0, 0.05) is 32.4 Å². The highest BCUT2D eigenvalue weighted by atomic mass is 35.5. The molecule has 0 saturated carbocycles. The van der Waals surface area contributed by atoms with Gasteiger partial charge in [-0.15, -0.1) is 0 Å². The van der Waals surface area contributed by atoms with E-state index in [-0.39, 0.29) is 22.2 Å². The Morgan fingerprint density at radius 3 is 2.08 bits per heavy atom. The Morgan fingerprint density at radius 1 is 0.737 bits per heavy atom. The van der Waals surface area contributed by atoms with Gasteiger partial charge >= 0.3 is 5.97 Å². The first-order valence-corrected chi connectivity index (χ1v) is 12.2. The lowest BCUT2D eigenvalue weighted by Crippen LogP contribution is -2.18. The van der Waals surface area contributed by atoms with Crippen molar-refractivity contribution < 1.29 is 19.1 Å². The number of amides is 2. The highest BCUT2D eigenvalue weighted by Gasteiger charge is 2.15. The summed E-state index contributed by atoms with van der Waals surface area (Å²) in [4.78, 5) is 37.4. The number of halogens is 3. The van der Waals surface area contributed by atoms with Crippen molar-refractivity contribution in [3.8, 4) is 5.75 Å². The molecule has 0 aliphatic carbocycles. The van der Waals surface area contributed by atoms with Gasteiger partial charge in [-0.05, 0) is 78.9 Å². The molecule has 0 aliphatic heterocycles. The number of ether oxygens (including phenoxy) is 1. The quantitative estimate of drug-likeness (QED) is 0.110. The SMILES string of the molecule is O=C(N/N=C/c1cc(Cl)ccc1OC(=O)c1ccccc1Cl)c1ccc(NC(=O)c2ccc(Cl)cc2)cc1. The fourth-order valence-electron chi connectivity index (χ4n) is 3.23. The van der Waals surface area contributed by atoms with Crippen LogP contribution in [-0.4, -0.2) is 24.0 Å². The Balaban J connectivity index is 1.39. The number of esters is 1. The van der Waals surface area contributed by atoms with Gasteiger partial charge < -0.3 is 10.1 Å². The summed E-state index contributed by atoms with van der Waals surface area (Å²) < 4.78 is 5.47. The van der Waals surface area contributed by atoms with Crippen LogP contribution in [0.15, 0.2) is 96.1 Å². The first kappa shape index (κ1) is 26.9. The van der Waals surface area contributed by atoms with Crippen molar-refractivity contribution in [2.45, 2.75) is 0 Å². The van der Waals surface area contributed by atoms with E-state index in [0.717, 1.165) is 0 Å². The van der Waals surface area contributed by atoms with Crippen LogP contribution in [0.3, 0.4) is 0 Å². The number of benzene rings is 4. The van der Waals surface area contributed by atoms with Crippen LogP contribution in [0.25, 0.3) is 0 Å². The summed E-state index contributed by atoms with van der Waals surface area (Å²) in [7, 11) is 0. The molecule has 190 valence electrons. The minimum atomic E-state index is -0.653. The van der Waals surface area contributed by atoms with E-state index in [1.165, 1.54) is 18.3 Å². The smallest absolute Gasteiger partial charge is 0.345 e. The second-order valence-corrected chi connectivity index (χ2v) is 9.07. The summed E-state index contributed by atoms with van der Waals surface area (Å²) >= 11 is 18.0. The molecule has 0 saturated heterocycles. The van der Waals surface area contributed by atoms with Gasteiger partial charge in [0.25, 0.3) is 11.8 Å². The van der Waals surface area contributed by atoms with Gasteiger partial charge in [0.15, 0.2) is 0 Å². The standard InChI is InChI=1S/C28H18Cl3N3O4/c29-20-9-5-17(6-10-20)26(35)33-22-12-7-18(8-13-22)27(36)34-32-16-19-15-21(30)11-14-25(19)38-28(37)23-3-1-2-4-24(23)31/h1-16H,(H,33,35)(H,34,36)/b32-16+. The summed E-state index contributed by atoms with van der Waals surface area (Å²) in [5.41, 5.74) is 4.23. The molecule has 0 fully saturated rings. The second kappa shape index (κ2) is 12.4. The van der Waals surface area contributed by atoms with E-state index >= 15 is 0 Å². The summed E-state index contributed by atoms with van der Waals surface area (Å²) in [5, 5.41) is 7.87. The molecule has 0 bridgehead atoms. The Morgan fingerprint density at radius 2 is 1.37 bits per heavy atom. The number of carbonyl (C=O) groups excluding carboxylic acids is 3. The predicted molar refractivity (Wildman–Crippen MR) is 149 cm³/mol. The number of rotatable bonds is 7. The lowest BCUT2D eigenvalue weighted by molar-refractivity contribution is 0.0734. The lowest BCUT2D eigenvalue weighted by atomic mass is 10.1. The number of nitrogens with one attached hydrogen (secondary N) is 2. The number of nitrogens with zero attached hydrogens (tertiary/aromatic N) is 1. The molecule has 0 atom stereocenters. The van der Waals surface area contributed by atoms with Crippen molar-refractivity contribution in [1.82, 2.24) is 5.43 Å². The van der Waals surface area contributed by atoms with Crippen LogP contribution in [0.5, 0.6) is 5.75 Å². The van der Waals surface area contributed by atoms with Gasteiger partial charge in [-0.1, -0.05) is 46.9 Å². The number of carbonyl (C=O) groups is 3. The molecule has 0 unspecified atom stereocenters. The molecule has 38 heavy (non-hydrogen) atoms. The minimum Gasteiger partial charge on any atom is -0.422 e. The second-order valence-electron chi connectivity index (χ2n) is 7.79. The summed E-state index contributed by atoms with van der Waals surface area (Å²) in [6, 6.07) is 23.8. The molecule has 2 amide bonds. The van der Waals surface area contributed by atoms with Gasteiger partial charge in [-0.3, -0.25) is 9.59 Å². The van der Waals surface area contributed by atoms with Crippen molar-refractivity contribution in [1.29, 1.82) is 0 Å². The van der Waals surface area contributed by atoms with Crippen molar-refractivity contribution in [3.63, 3.8) is 0 Å². The molecule has 0 aromatic heterocycles. The molecule has 10 heteroatoms. The maximum absolute atomic E-state index is 12.5. The van der Waals surface area contributed by atoms with Gasteiger partial charge in [0.05, 0.1) is 16.8 Å². The van der Waals surface area contributed by atoms with Crippen LogP contribution >= 0.6 is 34.8 Å². The monoisotopic (exact) mass is 565 g/mol. The van der Waals surface area contributed by atoms with Crippen molar-refractivity contribution in [2.75, 3.05) is 5.32 Å². The van der Waals surface area contributed by atoms with E-state index in [1.807, 2.05) is 0 Å². The average Bonchev–Trinajstić information content (AvgIpc) is 2.91. The number of hydrogen-bond acceptors (Lipinski definition) is 5. The number of hydrogen-bond donors (Lipinski definition) is 2. The topological polar surface area (TPSA) is 96.9 Å². The fraction of sp³-hybridized carbons (Fsp3) is 0. The van der Waals surface area contributed by atoms with Crippen LogP contribution in [0.1, 0.15) is 36.6 Å². The first-order valence-electron chi connectivity index (χ1n) is 11.1. The zero-order valence-electron chi connectivity index (χ0n) is 19.5. The van der Waals surface area contributed by atoms with Crippen LogP contribution in [0.4, 0.5) is 5.69 Å². The predicted octanol–water partition coefficient (Wildman–Crippen LogP) is 6.88. The third kappa shape index (κ3) is 6.98. The minimum absolute atomic E-state index is 0.179. The molecule has 4 aromatic carbocycles. The van der Waals surface area contributed by atoms with Gasteiger partial charge in [-0.2, -0.15) is 5.10 Å². The molecule has 0 radical (unpaired) electrons. The summed E-state index contributed by atoms with van der Waals surface area (Å²) in [6.45, 7) is 0. The van der Waals surface area contributed by atoms with Gasteiger partial charge in [-0.25, -0.2) is 10.2 Å². The molecule has 0 spiro atoms. The maximum Gasteiger partial charge on any atom is 0.345 e. The Labute approximate surface area is 233 Å². The largest absolute Gasteiger partial charge is 0.422 e. The van der Waals surface area contributed by atoms with Crippen molar-refractivity contribution in [3.05, 3.63) is 128 Å². The van der Waals surface area contributed by atoms with Crippen molar-refractivity contribution in [2.24, 2.45) is 5.10 Å². The van der Waals surface area contributed by atoms with E-state index in [2.05, 4.69) is 15.8 Å². The third-order valence-corrected chi connectivity index (χ3v) is 5.97. The molecule has 4 rings (SSSR count). The van der Waals surface area contributed by atoms with Crippen LogP contribution < -0.4 is 15.5 Å². The normalized spacial score (nSPS) is 10.7. The Bertz CT molecular complexity index is 1520. The van der Waals surface area contributed by atoms with E-state index in [4.69, 9.17) is 39.5 Å². The summed E-state index contributed by atoms with van der Waals surface area (Å²) in [5.74, 6) is -1.28. The third-order valence-electron chi connectivity index (χ3n) is 5.15. The highest BCUT2D eigenvalue weighted by molar-refractivity contribution is 6.33. The van der Waals surface area contributed by atoms with Gasteiger partial charge in [0.2, 0.25) is 0 Å². The van der Waals surface area contributed by atoms with Crippen LogP contribution in [0, 0.1) is 0 Å². The molecular formula is C28H18Cl3N3O4. The maximum atomic E-state index is 12.5.